The molecule has 27 heavy (non-hydrogen) atoms. The highest BCUT2D eigenvalue weighted by Crippen LogP contribution is 2.42. The minimum Gasteiger partial charge on any atom is -0.370 e. The monoisotopic (exact) mass is 363 g/mol. The zero-order chi connectivity index (χ0) is 18.9. The van der Waals surface area contributed by atoms with Gasteiger partial charge < -0.3 is 4.74 Å². The molecule has 4 rings (SSSR count). The van der Waals surface area contributed by atoms with Crippen molar-refractivity contribution < 1.29 is 4.74 Å². The molecular weight excluding hydrogens is 334 g/mol. The van der Waals surface area contributed by atoms with Gasteiger partial charge in [-0.25, -0.2) is 4.98 Å². The largest absolute Gasteiger partial charge is 0.370 e. The van der Waals surface area contributed by atoms with E-state index in [9.17, 15) is 0 Å². The molecule has 0 bridgehead atoms. The molecule has 2 aromatic carbocycles. The number of aromatic nitrogens is 3. The third-order valence-corrected chi connectivity index (χ3v) is 5.96. The molecule has 3 aromatic rings. The van der Waals surface area contributed by atoms with E-state index in [-0.39, 0.29) is 12.2 Å². The van der Waals surface area contributed by atoms with Crippen LogP contribution in [0.5, 0.6) is 0 Å². The summed E-state index contributed by atoms with van der Waals surface area (Å²) < 4.78 is 8.57. The second kappa shape index (κ2) is 7.43. The molecule has 142 valence electrons. The van der Waals surface area contributed by atoms with Crippen LogP contribution in [0, 0.1) is 11.3 Å². The Kier molecular flexibility index (Phi) is 5.00. The minimum absolute atomic E-state index is 0.0825. The summed E-state index contributed by atoms with van der Waals surface area (Å²) in [6.45, 7) is 7.78. The molecule has 0 saturated heterocycles. The van der Waals surface area contributed by atoms with Gasteiger partial charge in [-0.3, -0.25) is 4.68 Å². The second-order valence-electron chi connectivity index (χ2n) is 8.71. The molecule has 1 aliphatic carbocycles. The summed E-state index contributed by atoms with van der Waals surface area (Å²) in [6.07, 6.45) is 7.22. The maximum absolute atomic E-state index is 6.62. The first kappa shape index (κ1) is 18.2. The van der Waals surface area contributed by atoms with Gasteiger partial charge in [-0.05, 0) is 54.0 Å². The number of rotatable bonds is 5. The van der Waals surface area contributed by atoms with E-state index in [1.807, 2.05) is 11.0 Å². The second-order valence-corrected chi connectivity index (χ2v) is 8.71. The molecule has 1 aromatic heterocycles. The van der Waals surface area contributed by atoms with E-state index in [0.29, 0.717) is 11.3 Å². The lowest BCUT2D eigenvalue weighted by Gasteiger charge is -2.41. The van der Waals surface area contributed by atoms with Crippen LogP contribution in [0.2, 0.25) is 0 Å². The zero-order valence-corrected chi connectivity index (χ0v) is 16.5. The molecule has 0 spiro atoms. The first-order chi connectivity index (χ1) is 13.0. The Balaban J connectivity index is 1.51. The normalized spacial score (nSPS) is 23.4. The predicted molar refractivity (Wildman–Crippen MR) is 108 cm³/mol. The third kappa shape index (κ3) is 4.22. The van der Waals surface area contributed by atoms with Gasteiger partial charge in [0.05, 0.1) is 12.2 Å². The van der Waals surface area contributed by atoms with Crippen LogP contribution in [0.25, 0.3) is 10.8 Å². The zero-order valence-electron chi connectivity index (χ0n) is 16.5. The van der Waals surface area contributed by atoms with Crippen molar-refractivity contribution in [2.45, 2.75) is 58.8 Å². The molecular formula is C23H29N3O. The SMILES string of the molecule is CC(OC1CCC(C)(C)CC1Cn1cncn1)c1ccc2ccccc2c1. The van der Waals surface area contributed by atoms with Crippen molar-refractivity contribution >= 4 is 10.8 Å². The molecule has 0 N–H and O–H groups in total. The summed E-state index contributed by atoms with van der Waals surface area (Å²) in [5.41, 5.74) is 1.61. The lowest BCUT2D eigenvalue weighted by Crippen LogP contribution is -2.38. The summed E-state index contributed by atoms with van der Waals surface area (Å²) in [5, 5.41) is 6.86. The summed E-state index contributed by atoms with van der Waals surface area (Å²) >= 11 is 0. The highest BCUT2D eigenvalue weighted by atomic mass is 16.5. The molecule has 1 aliphatic rings. The van der Waals surface area contributed by atoms with E-state index in [1.165, 1.54) is 22.8 Å². The van der Waals surface area contributed by atoms with Crippen LogP contribution >= 0.6 is 0 Å². The maximum Gasteiger partial charge on any atom is 0.137 e. The van der Waals surface area contributed by atoms with Gasteiger partial charge in [-0.1, -0.05) is 50.2 Å². The highest BCUT2D eigenvalue weighted by molar-refractivity contribution is 5.83. The summed E-state index contributed by atoms with van der Waals surface area (Å²) in [7, 11) is 0. The van der Waals surface area contributed by atoms with Crippen LogP contribution in [0.3, 0.4) is 0 Å². The molecule has 3 atom stereocenters. The lowest BCUT2D eigenvalue weighted by atomic mass is 9.70. The Bertz CT molecular complexity index is 888. The van der Waals surface area contributed by atoms with E-state index in [4.69, 9.17) is 4.74 Å². The van der Waals surface area contributed by atoms with Gasteiger partial charge in [0.25, 0.3) is 0 Å². The quantitative estimate of drug-likeness (QED) is 0.609. The lowest BCUT2D eigenvalue weighted by molar-refractivity contribution is -0.0789. The number of benzene rings is 2. The van der Waals surface area contributed by atoms with Gasteiger partial charge in [0, 0.05) is 12.5 Å². The van der Waals surface area contributed by atoms with Crippen molar-refractivity contribution in [2.24, 2.45) is 11.3 Å². The maximum atomic E-state index is 6.62. The van der Waals surface area contributed by atoms with Gasteiger partial charge in [0.2, 0.25) is 0 Å². The first-order valence-corrected chi connectivity index (χ1v) is 9.97. The number of fused-ring (bicyclic) bond motifs is 1. The van der Waals surface area contributed by atoms with Crippen molar-refractivity contribution in [2.75, 3.05) is 0 Å². The summed E-state index contributed by atoms with van der Waals surface area (Å²) in [4.78, 5) is 4.10. The summed E-state index contributed by atoms with van der Waals surface area (Å²) in [5.74, 6) is 0.457. The Hall–Kier alpha value is -2.20. The summed E-state index contributed by atoms with van der Waals surface area (Å²) in [6, 6.07) is 15.2. The standard InChI is InChI=1S/C23H29N3O/c1-17(19-9-8-18-6-4-5-7-20(18)12-19)27-22-10-11-23(2,3)13-21(22)14-26-16-24-15-25-26/h4-9,12,15-17,21-22H,10-11,13-14H2,1-3H3. The molecule has 3 unspecified atom stereocenters. The van der Waals surface area contributed by atoms with Crippen LogP contribution in [0.1, 0.15) is 51.7 Å². The smallest absolute Gasteiger partial charge is 0.137 e. The predicted octanol–water partition coefficient (Wildman–Crippen LogP) is 5.40. The van der Waals surface area contributed by atoms with Crippen LogP contribution in [0.4, 0.5) is 0 Å². The minimum atomic E-state index is 0.0825. The van der Waals surface area contributed by atoms with Crippen molar-refractivity contribution in [3.05, 3.63) is 60.7 Å². The molecule has 0 amide bonds. The molecule has 1 fully saturated rings. The van der Waals surface area contributed by atoms with E-state index >= 15 is 0 Å². The topological polar surface area (TPSA) is 39.9 Å². The van der Waals surface area contributed by atoms with Crippen molar-refractivity contribution in [1.82, 2.24) is 14.8 Å². The van der Waals surface area contributed by atoms with Crippen molar-refractivity contribution in [3.8, 4) is 0 Å². The third-order valence-electron chi connectivity index (χ3n) is 5.96. The van der Waals surface area contributed by atoms with E-state index in [1.54, 1.807) is 6.33 Å². The Morgan fingerprint density at radius 1 is 1.19 bits per heavy atom. The van der Waals surface area contributed by atoms with Crippen molar-refractivity contribution in [1.29, 1.82) is 0 Å². The number of hydrogen-bond donors (Lipinski definition) is 0. The van der Waals surface area contributed by atoms with Gasteiger partial charge >= 0.3 is 0 Å². The van der Waals surface area contributed by atoms with E-state index < -0.39 is 0 Å². The van der Waals surface area contributed by atoms with Gasteiger partial charge in [0.1, 0.15) is 12.7 Å². The Morgan fingerprint density at radius 3 is 2.78 bits per heavy atom. The number of nitrogens with zero attached hydrogens (tertiary/aromatic N) is 3. The molecule has 0 radical (unpaired) electrons. The van der Waals surface area contributed by atoms with Crippen LogP contribution in [-0.4, -0.2) is 20.9 Å². The average molecular weight is 364 g/mol. The van der Waals surface area contributed by atoms with Gasteiger partial charge in [-0.15, -0.1) is 0 Å². The molecule has 0 aliphatic heterocycles. The first-order valence-electron chi connectivity index (χ1n) is 9.97. The average Bonchev–Trinajstić information content (AvgIpc) is 3.16. The highest BCUT2D eigenvalue weighted by Gasteiger charge is 2.36. The fourth-order valence-electron chi connectivity index (χ4n) is 4.44. The van der Waals surface area contributed by atoms with Gasteiger partial charge in [-0.2, -0.15) is 5.10 Å². The van der Waals surface area contributed by atoms with Gasteiger partial charge in [0.15, 0.2) is 0 Å². The molecule has 1 saturated carbocycles. The number of ether oxygens (including phenoxy) is 1. The van der Waals surface area contributed by atoms with Crippen LogP contribution < -0.4 is 0 Å². The fraction of sp³-hybridized carbons (Fsp3) is 0.478. The Morgan fingerprint density at radius 2 is 2.00 bits per heavy atom. The van der Waals surface area contributed by atoms with Crippen molar-refractivity contribution in [3.63, 3.8) is 0 Å². The Labute approximate surface area is 161 Å². The van der Waals surface area contributed by atoms with Crippen LogP contribution in [0.15, 0.2) is 55.1 Å². The fourth-order valence-corrected chi connectivity index (χ4v) is 4.44. The molecule has 4 heteroatoms. The molecule has 1 heterocycles. The number of hydrogen-bond acceptors (Lipinski definition) is 3. The van der Waals surface area contributed by atoms with E-state index in [2.05, 4.69) is 73.3 Å². The molecule has 4 nitrogen and oxygen atoms in total. The van der Waals surface area contributed by atoms with E-state index in [0.717, 1.165) is 19.4 Å². The van der Waals surface area contributed by atoms with Crippen LogP contribution in [-0.2, 0) is 11.3 Å².